The molecule has 5 nitrogen and oxygen atoms in total. The van der Waals surface area contributed by atoms with Crippen molar-refractivity contribution in [2.75, 3.05) is 5.73 Å². The second-order valence-corrected chi connectivity index (χ2v) is 3.08. The third-order valence-electron chi connectivity index (χ3n) is 1.87. The van der Waals surface area contributed by atoms with Gasteiger partial charge in [-0.3, -0.25) is 0 Å². The summed E-state index contributed by atoms with van der Waals surface area (Å²) >= 11 is 0. The number of nitrogens with zero attached hydrogens (tertiary/aromatic N) is 3. The summed E-state index contributed by atoms with van der Waals surface area (Å²) in [4.78, 5) is 3.66. The smallest absolute Gasteiger partial charge is 0.406 e. The van der Waals surface area contributed by atoms with Crippen LogP contribution in [0.4, 0.5) is 19.1 Å². The molecule has 0 radical (unpaired) electrons. The van der Waals surface area contributed by atoms with Crippen LogP contribution in [0.15, 0.2) is 30.6 Å². The summed E-state index contributed by atoms with van der Waals surface area (Å²) in [6.45, 7) is 0. The van der Waals surface area contributed by atoms with Gasteiger partial charge in [0, 0.05) is 6.07 Å². The van der Waals surface area contributed by atoms with Crippen molar-refractivity contribution in [1.29, 1.82) is 0 Å². The number of aromatic nitrogens is 3. The van der Waals surface area contributed by atoms with Gasteiger partial charge in [-0.25, -0.2) is 0 Å². The van der Waals surface area contributed by atoms with Crippen molar-refractivity contribution in [2.45, 2.75) is 6.36 Å². The third-order valence-corrected chi connectivity index (χ3v) is 1.87. The monoisotopic (exact) mass is 244 g/mol. The number of ether oxygens (including phenoxy) is 1. The highest BCUT2D eigenvalue weighted by atomic mass is 19.4. The largest absolute Gasteiger partial charge is 0.573 e. The molecule has 8 heteroatoms. The summed E-state index contributed by atoms with van der Waals surface area (Å²) in [7, 11) is 0. The van der Waals surface area contributed by atoms with Gasteiger partial charge in [-0.2, -0.15) is 14.8 Å². The fourth-order valence-corrected chi connectivity index (χ4v) is 1.26. The maximum Gasteiger partial charge on any atom is 0.573 e. The molecule has 2 rings (SSSR count). The predicted octanol–water partition coefficient (Wildman–Crippen LogP) is 1.75. The highest BCUT2D eigenvalue weighted by Crippen LogP contribution is 2.24. The Hall–Kier alpha value is -2.25. The number of hydrogen-bond acceptors (Lipinski definition) is 4. The molecule has 0 bridgehead atoms. The van der Waals surface area contributed by atoms with Gasteiger partial charge >= 0.3 is 6.36 Å². The molecule has 0 spiro atoms. The molecule has 2 aromatic rings. The maximum absolute atomic E-state index is 12.0. The zero-order valence-corrected chi connectivity index (χ0v) is 8.35. The van der Waals surface area contributed by atoms with E-state index in [1.54, 1.807) is 0 Å². The molecule has 17 heavy (non-hydrogen) atoms. The van der Waals surface area contributed by atoms with Crippen molar-refractivity contribution in [3.05, 3.63) is 30.6 Å². The van der Waals surface area contributed by atoms with Crippen molar-refractivity contribution in [2.24, 2.45) is 0 Å². The van der Waals surface area contributed by atoms with Gasteiger partial charge < -0.3 is 10.5 Å². The number of benzene rings is 1. The number of hydrogen-bond donors (Lipinski definition) is 1. The van der Waals surface area contributed by atoms with E-state index >= 15 is 0 Å². The number of anilines is 1. The average molecular weight is 244 g/mol. The predicted molar refractivity (Wildman–Crippen MR) is 52.5 cm³/mol. The summed E-state index contributed by atoms with van der Waals surface area (Å²) in [5.74, 6) is -0.265. The van der Waals surface area contributed by atoms with E-state index in [2.05, 4.69) is 14.8 Å². The van der Waals surface area contributed by atoms with Crippen molar-refractivity contribution in [3.8, 4) is 11.4 Å². The van der Waals surface area contributed by atoms with E-state index < -0.39 is 6.36 Å². The van der Waals surface area contributed by atoms with Crippen LogP contribution in [0.3, 0.4) is 0 Å². The lowest BCUT2D eigenvalue weighted by molar-refractivity contribution is -0.274. The molecule has 1 aromatic carbocycles. The fraction of sp³-hybridized carbons (Fsp3) is 0.111. The first-order valence-electron chi connectivity index (χ1n) is 4.47. The lowest BCUT2D eigenvalue weighted by Gasteiger charge is -2.10. The summed E-state index contributed by atoms with van der Waals surface area (Å²) in [5.41, 5.74) is 5.81. The molecule has 0 atom stereocenters. The summed E-state index contributed by atoms with van der Waals surface area (Å²) in [6, 6.07) is 5.29. The topological polar surface area (TPSA) is 66.0 Å². The van der Waals surface area contributed by atoms with E-state index in [1.807, 2.05) is 0 Å². The van der Waals surface area contributed by atoms with Gasteiger partial charge in [0.25, 0.3) is 0 Å². The van der Waals surface area contributed by atoms with Crippen LogP contribution in [0.2, 0.25) is 0 Å². The average Bonchev–Trinajstić information content (AvgIpc) is 2.62. The Bertz CT molecular complexity index is 523. The maximum atomic E-state index is 12.0. The molecule has 0 aliphatic carbocycles. The molecule has 90 valence electrons. The molecule has 0 amide bonds. The van der Waals surface area contributed by atoms with Crippen LogP contribution in [0.5, 0.6) is 5.75 Å². The Morgan fingerprint density at radius 2 is 2.06 bits per heavy atom. The summed E-state index contributed by atoms with van der Waals surface area (Å²) < 4.78 is 41.0. The second-order valence-electron chi connectivity index (χ2n) is 3.08. The molecule has 0 fully saturated rings. The van der Waals surface area contributed by atoms with Crippen LogP contribution in [0, 0.1) is 0 Å². The van der Waals surface area contributed by atoms with E-state index in [9.17, 15) is 13.2 Å². The molecular formula is C9H7F3N4O. The molecule has 2 N–H and O–H groups in total. The highest BCUT2D eigenvalue weighted by Gasteiger charge is 2.31. The van der Waals surface area contributed by atoms with E-state index in [1.165, 1.54) is 35.3 Å². The third kappa shape index (κ3) is 2.65. The Morgan fingerprint density at radius 1 is 1.29 bits per heavy atom. The van der Waals surface area contributed by atoms with Crippen LogP contribution in [0.25, 0.3) is 5.69 Å². The normalized spacial score (nSPS) is 11.5. The van der Waals surface area contributed by atoms with E-state index in [0.29, 0.717) is 5.69 Å². The summed E-state index contributed by atoms with van der Waals surface area (Å²) in [5, 5.41) is 3.77. The quantitative estimate of drug-likeness (QED) is 0.873. The standard InChI is InChI=1S/C9H7F3N4O/c10-9(11,12)17-7-3-1-2-6(4-7)16-8(13)14-5-15-16/h1-5H,(H2,13,14,15). The number of nitrogen functional groups attached to an aromatic ring is 1. The molecule has 1 aromatic heterocycles. The first-order chi connectivity index (χ1) is 7.96. The van der Waals surface area contributed by atoms with E-state index in [0.717, 1.165) is 0 Å². The molecule has 0 unspecified atom stereocenters. The molecule has 0 aliphatic rings. The molecule has 0 saturated carbocycles. The minimum atomic E-state index is -4.73. The fourth-order valence-electron chi connectivity index (χ4n) is 1.26. The van der Waals surface area contributed by atoms with Crippen molar-refractivity contribution in [1.82, 2.24) is 14.8 Å². The minimum Gasteiger partial charge on any atom is -0.406 e. The SMILES string of the molecule is Nc1ncnn1-c1cccc(OC(F)(F)F)c1. The van der Waals surface area contributed by atoms with Gasteiger partial charge in [0.1, 0.15) is 12.1 Å². The van der Waals surface area contributed by atoms with Crippen LogP contribution in [-0.2, 0) is 0 Å². The lowest BCUT2D eigenvalue weighted by atomic mass is 10.3. The van der Waals surface area contributed by atoms with Gasteiger partial charge in [-0.05, 0) is 12.1 Å². The Kier molecular flexibility index (Phi) is 2.62. The van der Waals surface area contributed by atoms with Gasteiger partial charge in [0.15, 0.2) is 0 Å². The zero-order chi connectivity index (χ0) is 12.5. The minimum absolute atomic E-state index is 0.0779. The Balaban J connectivity index is 2.32. The highest BCUT2D eigenvalue weighted by molar-refractivity contribution is 5.42. The first kappa shape index (κ1) is 11.2. The van der Waals surface area contributed by atoms with Gasteiger partial charge in [-0.1, -0.05) is 6.07 Å². The van der Waals surface area contributed by atoms with Gasteiger partial charge in [0.2, 0.25) is 5.95 Å². The van der Waals surface area contributed by atoms with Gasteiger partial charge in [0.05, 0.1) is 5.69 Å². The number of rotatable bonds is 2. The van der Waals surface area contributed by atoms with Crippen LogP contribution in [-0.4, -0.2) is 21.1 Å². The second kappa shape index (κ2) is 3.96. The van der Waals surface area contributed by atoms with E-state index in [4.69, 9.17) is 5.73 Å². The molecule has 0 saturated heterocycles. The first-order valence-corrected chi connectivity index (χ1v) is 4.47. The number of halogens is 3. The van der Waals surface area contributed by atoms with Crippen molar-refractivity contribution < 1.29 is 17.9 Å². The Morgan fingerprint density at radius 3 is 2.65 bits per heavy atom. The zero-order valence-electron chi connectivity index (χ0n) is 8.35. The lowest BCUT2D eigenvalue weighted by Crippen LogP contribution is -2.17. The molecule has 0 aliphatic heterocycles. The van der Waals surface area contributed by atoms with Crippen LogP contribution in [0.1, 0.15) is 0 Å². The van der Waals surface area contributed by atoms with Crippen molar-refractivity contribution in [3.63, 3.8) is 0 Å². The van der Waals surface area contributed by atoms with Crippen molar-refractivity contribution >= 4 is 5.95 Å². The van der Waals surface area contributed by atoms with Crippen LogP contribution >= 0.6 is 0 Å². The summed E-state index contributed by atoms with van der Waals surface area (Å²) in [6.07, 6.45) is -3.53. The van der Waals surface area contributed by atoms with Gasteiger partial charge in [-0.15, -0.1) is 13.2 Å². The molecule has 1 heterocycles. The number of alkyl halides is 3. The Labute approximate surface area is 93.6 Å². The van der Waals surface area contributed by atoms with Crippen LogP contribution < -0.4 is 10.5 Å². The van der Waals surface area contributed by atoms with E-state index in [-0.39, 0.29) is 11.7 Å². The number of nitrogens with two attached hydrogens (primary N) is 1. The molecular weight excluding hydrogens is 237 g/mol.